The van der Waals surface area contributed by atoms with Crippen LogP contribution in [0.15, 0.2) is 4.47 Å². The largest absolute Gasteiger partial charge is 0.308 e. The fourth-order valence-corrected chi connectivity index (χ4v) is 3.24. The van der Waals surface area contributed by atoms with Crippen molar-refractivity contribution >= 4 is 15.9 Å². The van der Waals surface area contributed by atoms with Crippen molar-refractivity contribution in [1.82, 2.24) is 19.6 Å². The number of rotatable bonds is 4. The van der Waals surface area contributed by atoms with Crippen LogP contribution >= 0.6 is 15.9 Å². The van der Waals surface area contributed by atoms with Gasteiger partial charge in [-0.1, -0.05) is 0 Å². The van der Waals surface area contributed by atoms with Gasteiger partial charge in [-0.15, -0.1) is 0 Å². The van der Waals surface area contributed by atoms with Gasteiger partial charge in [-0.25, -0.2) is 0 Å². The van der Waals surface area contributed by atoms with Crippen LogP contribution in [0, 0.1) is 6.92 Å². The topological polar surface area (TPSA) is 24.3 Å². The van der Waals surface area contributed by atoms with Gasteiger partial charge in [-0.05, 0) is 56.3 Å². The Morgan fingerprint density at radius 3 is 2.72 bits per heavy atom. The highest BCUT2D eigenvalue weighted by atomic mass is 79.9. The maximum atomic E-state index is 4.47. The van der Waals surface area contributed by atoms with E-state index in [0.29, 0.717) is 6.04 Å². The number of aromatic nitrogens is 2. The zero-order valence-corrected chi connectivity index (χ0v) is 13.4. The molecule has 0 spiro atoms. The summed E-state index contributed by atoms with van der Waals surface area (Å²) < 4.78 is 3.17. The van der Waals surface area contributed by atoms with Gasteiger partial charge in [0.05, 0.1) is 15.9 Å². The lowest BCUT2D eigenvalue weighted by molar-refractivity contribution is 0.197. The van der Waals surface area contributed by atoms with E-state index in [4.69, 9.17) is 0 Å². The van der Waals surface area contributed by atoms with Crippen LogP contribution < -0.4 is 0 Å². The predicted molar refractivity (Wildman–Crippen MR) is 77.6 cm³/mol. The first kappa shape index (κ1) is 14.0. The van der Waals surface area contributed by atoms with Gasteiger partial charge >= 0.3 is 0 Å². The van der Waals surface area contributed by atoms with E-state index in [1.807, 2.05) is 11.7 Å². The van der Waals surface area contributed by atoms with Crippen LogP contribution in [0.1, 0.15) is 24.2 Å². The fraction of sp³-hybridized carbons (Fsp3) is 0.769. The molecule has 1 aromatic heterocycles. The zero-order chi connectivity index (χ0) is 13.3. The highest BCUT2D eigenvalue weighted by Crippen LogP contribution is 2.25. The molecule has 0 aromatic carbocycles. The molecule has 0 saturated carbocycles. The van der Waals surface area contributed by atoms with Gasteiger partial charge in [-0.3, -0.25) is 9.58 Å². The van der Waals surface area contributed by atoms with Gasteiger partial charge in [0, 0.05) is 26.2 Å². The molecule has 1 aliphatic rings. The molecule has 1 unspecified atom stereocenters. The number of hydrogen-bond donors (Lipinski definition) is 0. The second kappa shape index (κ2) is 5.72. The summed E-state index contributed by atoms with van der Waals surface area (Å²) in [5.41, 5.74) is 2.37. The summed E-state index contributed by atoms with van der Waals surface area (Å²) in [4.78, 5) is 4.87. The summed E-state index contributed by atoms with van der Waals surface area (Å²) in [7, 11) is 6.34. The van der Waals surface area contributed by atoms with Gasteiger partial charge in [0.15, 0.2) is 0 Å². The number of hydrogen-bond acceptors (Lipinski definition) is 3. The van der Waals surface area contributed by atoms with Crippen LogP contribution in [0.25, 0.3) is 0 Å². The Morgan fingerprint density at radius 1 is 1.44 bits per heavy atom. The molecular formula is C13H23BrN4. The van der Waals surface area contributed by atoms with Crippen molar-refractivity contribution in [2.24, 2.45) is 7.05 Å². The third kappa shape index (κ3) is 2.95. The number of halogens is 1. The molecule has 1 aliphatic heterocycles. The van der Waals surface area contributed by atoms with E-state index in [2.05, 4.69) is 51.8 Å². The molecule has 2 rings (SSSR count). The number of likely N-dealkylation sites (tertiary alicyclic amines) is 1. The smallest absolute Gasteiger partial charge is 0.0739 e. The highest BCUT2D eigenvalue weighted by molar-refractivity contribution is 9.10. The number of nitrogens with zero attached hydrogens (tertiary/aromatic N) is 4. The van der Waals surface area contributed by atoms with E-state index in [-0.39, 0.29) is 0 Å². The summed E-state index contributed by atoms with van der Waals surface area (Å²) in [5, 5.41) is 4.47. The Hall–Kier alpha value is -0.390. The molecule has 0 radical (unpaired) electrons. The SMILES string of the molecule is Cc1nn(C)c(CN2CCCC2CN(C)C)c1Br. The van der Waals surface area contributed by atoms with Crippen LogP contribution in [0.2, 0.25) is 0 Å². The van der Waals surface area contributed by atoms with Gasteiger partial charge in [-0.2, -0.15) is 5.10 Å². The molecule has 0 aliphatic carbocycles. The molecule has 0 bridgehead atoms. The van der Waals surface area contributed by atoms with Crippen LogP contribution in [-0.2, 0) is 13.6 Å². The molecule has 0 N–H and O–H groups in total. The Kier molecular flexibility index (Phi) is 4.45. The summed E-state index contributed by atoms with van der Waals surface area (Å²) in [6.07, 6.45) is 2.62. The Labute approximate surface area is 118 Å². The molecule has 4 nitrogen and oxygen atoms in total. The van der Waals surface area contributed by atoms with Crippen molar-refractivity contribution in [2.45, 2.75) is 32.4 Å². The van der Waals surface area contributed by atoms with E-state index < -0.39 is 0 Å². The first-order valence-electron chi connectivity index (χ1n) is 6.55. The Morgan fingerprint density at radius 2 is 2.17 bits per heavy atom. The van der Waals surface area contributed by atoms with Gasteiger partial charge < -0.3 is 4.90 Å². The molecule has 1 aromatic rings. The lowest BCUT2D eigenvalue weighted by Gasteiger charge is -2.27. The van der Waals surface area contributed by atoms with Crippen molar-refractivity contribution in [1.29, 1.82) is 0 Å². The Bertz CT molecular complexity index is 413. The maximum absolute atomic E-state index is 4.47. The molecule has 1 fully saturated rings. The zero-order valence-electron chi connectivity index (χ0n) is 11.8. The van der Waals surface area contributed by atoms with E-state index in [1.165, 1.54) is 29.6 Å². The van der Waals surface area contributed by atoms with Crippen LogP contribution in [0.5, 0.6) is 0 Å². The second-order valence-corrected chi connectivity index (χ2v) is 6.29. The molecule has 102 valence electrons. The number of likely N-dealkylation sites (N-methyl/N-ethyl adjacent to an activating group) is 1. The average Bonchev–Trinajstić information content (AvgIpc) is 2.79. The molecule has 0 amide bonds. The first-order chi connectivity index (χ1) is 8.49. The third-order valence-corrected chi connectivity index (χ3v) is 4.72. The molecule has 1 saturated heterocycles. The predicted octanol–water partition coefficient (Wildman–Crippen LogP) is 2.02. The normalized spacial score (nSPS) is 21.1. The summed E-state index contributed by atoms with van der Waals surface area (Å²) in [5.74, 6) is 0. The van der Waals surface area contributed by atoms with Crippen LogP contribution in [0.3, 0.4) is 0 Å². The first-order valence-corrected chi connectivity index (χ1v) is 7.35. The minimum absolute atomic E-state index is 0.683. The standard InChI is InChI=1S/C13H23BrN4/c1-10-13(14)12(17(4)15-10)9-18-7-5-6-11(18)8-16(2)3/h11H,5-9H2,1-4H3. The molecule has 1 atom stereocenters. The maximum Gasteiger partial charge on any atom is 0.0739 e. The van der Waals surface area contributed by atoms with Crippen LogP contribution in [-0.4, -0.2) is 52.8 Å². The quantitative estimate of drug-likeness (QED) is 0.850. The monoisotopic (exact) mass is 314 g/mol. The minimum Gasteiger partial charge on any atom is -0.308 e. The second-order valence-electron chi connectivity index (χ2n) is 5.50. The van der Waals surface area contributed by atoms with Crippen molar-refractivity contribution < 1.29 is 0 Å². The molecule has 2 heterocycles. The van der Waals surface area contributed by atoms with Gasteiger partial charge in [0.25, 0.3) is 0 Å². The van der Waals surface area contributed by atoms with Crippen molar-refractivity contribution in [3.05, 3.63) is 15.9 Å². The minimum atomic E-state index is 0.683. The molecule has 5 heteroatoms. The third-order valence-electron chi connectivity index (χ3n) is 3.69. The van der Waals surface area contributed by atoms with E-state index in [9.17, 15) is 0 Å². The lowest BCUT2D eigenvalue weighted by Crippen LogP contribution is -2.37. The highest BCUT2D eigenvalue weighted by Gasteiger charge is 2.26. The van der Waals surface area contributed by atoms with Crippen molar-refractivity contribution in [3.8, 4) is 0 Å². The molecule has 18 heavy (non-hydrogen) atoms. The van der Waals surface area contributed by atoms with Gasteiger partial charge in [0.1, 0.15) is 0 Å². The van der Waals surface area contributed by atoms with Crippen molar-refractivity contribution in [3.63, 3.8) is 0 Å². The lowest BCUT2D eigenvalue weighted by atomic mass is 10.2. The average molecular weight is 315 g/mol. The van der Waals surface area contributed by atoms with Crippen molar-refractivity contribution in [2.75, 3.05) is 27.2 Å². The summed E-state index contributed by atoms with van der Waals surface area (Å²) in [6.45, 7) is 5.40. The van der Waals surface area contributed by atoms with E-state index in [0.717, 1.165) is 18.8 Å². The number of aryl methyl sites for hydroxylation is 2. The van der Waals surface area contributed by atoms with Crippen LogP contribution in [0.4, 0.5) is 0 Å². The van der Waals surface area contributed by atoms with Gasteiger partial charge in [0.2, 0.25) is 0 Å². The molecular weight excluding hydrogens is 292 g/mol. The van der Waals surface area contributed by atoms with E-state index >= 15 is 0 Å². The summed E-state index contributed by atoms with van der Waals surface area (Å²) in [6, 6.07) is 0.683. The fourth-order valence-electron chi connectivity index (χ4n) is 2.78. The summed E-state index contributed by atoms with van der Waals surface area (Å²) >= 11 is 3.66. The Balaban J connectivity index is 2.08. The van der Waals surface area contributed by atoms with E-state index in [1.54, 1.807) is 0 Å².